The number of carbonyl (C=O) groups is 1. The van der Waals surface area contributed by atoms with Crippen molar-refractivity contribution >= 4 is 44.5 Å². The lowest BCUT2D eigenvalue weighted by Crippen LogP contribution is -2.36. The van der Waals surface area contributed by atoms with Gasteiger partial charge in [-0.2, -0.15) is 4.98 Å². The van der Waals surface area contributed by atoms with Crippen molar-refractivity contribution in [3.8, 4) is 11.5 Å². The molecule has 0 saturated carbocycles. The number of benzene rings is 1. The van der Waals surface area contributed by atoms with Crippen LogP contribution in [0.15, 0.2) is 29.6 Å². The van der Waals surface area contributed by atoms with Crippen LogP contribution in [0.25, 0.3) is 10.3 Å². The molecule has 0 aliphatic carbocycles. The van der Waals surface area contributed by atoms with Gasteiger partial charge in [0.25, 0.3) is 0 Å². The molecule has 0 bridgehead atoms. The summed E-state index contributed by atoms with van der Waals surface area (Å²) in [4.78, 5) is 27.9. The average molecular weight is 462 g/mol. The van der Waals surface area contributed by atoms with Crippen LogP contribution in [0.1, 0.15) is 5.56 Å². The number of methoxy groups -OCH3 is 2. The second-order valence-corrected chi connectivity index (χ2v) is 8.59. The quantitative estimate of drug-likeness (QED) is 0.400. The van der Waals surface area contributed by atoms with E-state index in [9.17, 15) is 4.79 Å². The fraction of sp³-hybridized carbons (Fsp3) is 0.400. The van der Waals surface area contributed by atoms with E-state index in [4.69, 9.17) is 14.2 Å². The van der Waals surface area contributed by atoms with Crippen molar-refractivity contribution in [2.45, 2.75) is 11.6 Å². The molecule has 1 aromatic carbocycles. The molecule has 3 heterocycles. The van der Waals surface area contributed by atoms with Gasteiger partial charge in [0.05, 0.1) is 33.2 Å². The molecular formula is C20H23N5O4S2. The van der Waals surface area contributed by atoms with Crippen molar-refractivity contribution in [1.82, 2.24) is 20.3 Å². The first-order valence-corrected chi connectivity index (χ1v) is 11.5. The molecule has 0 atom stereocenters. The molecule has 0 radical (unpaired) electrons. The van der Waals surface area contributed by atoms with Gasteiger partial charge in [-0.05, 0) is 6.07 Å². The summed E-state index contributed by atoms with van der Waals surface area (Å²) in [6.45, 7) is 3.36. The molecule has 31 heavy (non-hydrogen) atoms. The molecule has 164 valence electrons. The number of hydrogen-bond acceptors (Lipinski definition) is 10. The summed E-state index contributed by atoms with van der Waals surface area (Å²) in [5, 5.41) is 4.60. The highest BCUT2D eigenvalue weighted by Gasteiger charge is 2.18. The largest absolute Gasteiger partial charge is 0.493 e. The summed E-state index contributed by atoms with van der Waals surface area (Å²) in [6.07, 6.45) is 1.49. The Morgan fingerprint density at radius 2 is 2.10 bits per heavy atom. The molecule has 1 aliphatic rings. The number of ether oxygens (including phenoxy) is 3. The molecule has 3 aromatic rings. The van der Waals surface area contributed by atoms with Crippen LogP contribution < -0.4 is 19.7 Å². The highest BCUT2D eigenvalue weighted by Crippen LogP contribution is 2.34. The minimum absolute atomic E-state index is 0.0976. The molecule has 1 N–H and O–H groups in total. The second kappa shape index (κ2) is 10.1. The lowest BCUT2D eigenvalue weighted by Gasteiger charge is -2.25. The number of nitrogens with one attached hydrogen (secondary N) is 1. The maximum absolute atomic E-state index is 12.5. The minimum Gasteiger partial charge on any atom is -0.493 e. The van der Waals surface area contributed by atoms with Crippen LogP contribution in [0.3, 0.4) is 0 Å². The second-order valence-electron chi connectivity index (χ2n) is 6.65. The molecule has 0 unspecified atom stereocenters. The SMILES string of the molecule is COc1cccc(CNC(=O)CSc2ncnc3nc(N4CCOCC4)sc23)c1OC. The van der Waals surface area contributed by atoms with Crippen molar-refractivity contribution < 1.29 is 19.0 Å². The smallest absolute Gasteiger partial charge is 0.230 e. The zero-order valence-electron chi connectivity index (χ0n) is 17.3. The monoisotopic (exact) mass is 461 g/mol. The van der Waals surface area contributed by atoms with Gasteiger partial charge in [0, 0.05) is 25.2 Å². The van der Waals surface area contributed by atoms with Gasteiger partial charge in [0.2, 0.25) is 5.91 Å². The maximum atomic E-state index is 12.5. The Bertz CT molecular complexity index is 1060. The Hall–Kier alpha value is -2.63. The maximum Gasteiger partial charge on any atom is 0.230 e. The third kappa shape index (κ3) is 5.00. The molecule has 1 aliphatic heterocycles. The van der Waals surface area contributed by atoms with Gasteiger partial charge in [0.1, 0.15) is 16.1 Å². The van der Waals surface area contributed by atoms with Crippen LogP contribution in [0.4, 0.5) is 5.13 Å². The topological polar surface area (TPSA) is 98.7 Å². The normalized spacial score (nSPS) is 13.9. The number of amides is 1. The van der Waals surface area contributed by atoms with E-state index >= 15 is 0 Å². The predicted molar refractivity (Wildman–Crippen MR) is 120 cm³/mol. The molecule has 2 aromatic heterocycles. The zero-order valence-corrected chi connectivity index (χ0v) is 18.9. The lowest BCUT2D eigenvalue weighted by atomic mass is 10.2. The van der Waals surface area contributed by atoms with Crippen LogP contribution in [0, 0.1) is 0 Å². The molecule has 4 rings (SSSR count). The number of aromatic nitrogens is 3. The van der Waals surface area contributed by atoms with Gasteiger partial charge in [-0.3, -0.25) is 4.79 Å². The first-order chi connectivity index (χ1) is 15.2. The lowest BCUT2D eigenvalue weighted by molar-refractivity contribution is -0.118. The van der Waals surface area contributed by atoms with Gasteiger partial charge in [-0.1, -0.05) is 35.2 Å². The average Bonchev–Trinajstić information content (AvgIpc) is 3.26. The molecule has 9 nitrogen and oxygen atoms in total. The molecule has 0 spiro atoms. The summed E-state index contributed by atoms with van der Waals surface area (Å²) in [5.74, 6) is 1.40. The number of para-hydroxylation sites is 1. The fourth-order valence-electron chi connectivity index (χ4n) is 3.19. The zero-order chi connectivity index (χ0) is 21.6. The van der Waals surface area contributed by atoms with Crippen molar-refractivity contribution in [2.75, 3.05) is 51.2 Å². The van der Waals surface area contributed by atoms with E-state index < -0.39 is 0 Å². The first-order valence-electron chi connectivity index (χ1n) is 9.73. The van der Waals surface area contributed by atoms with Gasteiger partial charge >= 0.3 is 0 Å². The van der Waals surface area contributed by atoms with Crippen LogP contribution in [-0.2, 0) is 16.1 Å². The Morgan fingerprint density at radius 3 is 2.87 bits per heavy atom. The number of thioether (sulfide) groups is 1. The third-order valence-electron chi connectivity index (χ3n) is 4.73. The number of rotatable bonds is 8. The Kier molecular flexibility index (Phi) is 7.05. The van der Waals surface area contributed by atoms with Gasteiger partial charge in [-0.25, -0.2) is 9.97 Å². The van der Waals surface area contributed by atoms with E-state index in [1.807, 2.05) is 18.2 Å². The number of nitrogens with zero attached hydrogens (tertiary/aromatic N) is 4. The predicted octanol–water partition coefficient (Wildman–Crippen LogP) is 2.35. The van der Waals surface area contributed by atoms with Gasteiger partial charge < -0.3 is 24.4 Å². The van der Waals surface area contributed by atoms with E-state index in [1.54, 1.807) is 25.6 Å². The highest BCUT2D eigenvalue weighted by molar-refractivity contribution is 8.00. The Labute approximate surface area is 188 Å². The summed E-state index contributed by atoms with van der Waals surface area (Å²) in [7, 11) is 3.17. The van der Waals surface area contributed by atoms with E-state index in [0.29, 0.717) is 36.9 Å². The summed E-state index contributed by atoms with van der Waals surface area (Å²) >= 11 is 2.93. The molecular weight excluding hydrogens is 438 g/mol. The summed E-state index contributed by atoms with van der Waals surface area (Å²) in [5.41, 5.74) is 1.51. The standard InChI is InChI=1S/C20H23N5O4S2/c1-27-14-5-3-4-13(16(14)28-2)10-21-15(26)11-30-19-17-18(22-12-23-19)24-20(31-17)25-6-8-29-9-7-25/h3-5,12H,6-11H2,1-2H3,(H,21,26). The van der Waals surface area contributed by atoms with Crippen molar-refractivity contribution in [3.63, 3.8) is 0 Å². The van der Waals surface area contributed by atoms with E-state index in [0.717, 1.165) is 33.5 Å². The van der Waals surface area contributed by atoms with Gasteiger partial charge in [0.15, 0.2) is 22.3 Å². The number of anilines is 1. The summed E-state index contributed by atoms with van der Waals surface area (Å²) < 4.78 is 17.0. The van der Waals surface area contributed by atoms with E-state index in [1.165, 1.54) is 18.1 Å². The van der Waals surface area contributed by atoms with Crippen molar-refractivity contribution in [3.05, 3.63) is 30.1 Å². The van der Waals surface area contributed by atoms with E-state index in [-0.39, 0.29) is 11.7 Å². The summed E-state index contributed by atoms with van der Waals surface area (Å²) in [6, 6.07) is 5.58. The first kappa shape index (κ1) is 21.6. The Balaban J connectivity index is 1.39. The number of carbonyl (C=O) groups excluding carboxylic acids is 1. The highest BCUT2D eigenvalue weighted by atomic mass is 32.2. The third-order valence-corrected chi connectivity index (χ3v) is 6.96. The number of morpholine rings is 1. The van der Waals surface area contributed by atoms with Crippen LogP contribution in [0.2, 0.25) is 0 Å². The minimum atomic E-state index is -0.0976. The molecule has 1 fully saturated rings. The number of hydrogen-bond donors (Lipinski definition) is 1. The van der Waals surface area contributed by atoms with Crippen molar-refractivity contribution in [2.24, 2.45) is 0 Å². The molecule has 1 amide bonds. The fourth-order valence-corrected chi connectivity index (χ4v) is 5.16. The molecule has 11 heteroatoms. The van der Waals surface area contributed by atoms with Crippen LogP contribution in [-0.4, -0.2) is 67.1 Å². The van der Waals surface area contributed by atoms with E-state index in [2.05, 4.69) is 25.2 Å². The number of thiazole rings is 1. The van der Waals surface area contributed by atoms with Crippen LogP contribution >= 0.6 is 23.1 Å². The van der Waals surface area contributed by atoms with Gasteiger partial charge in [-0.15, -0.1) is 0 Å². The Morgan fingerprint density at radius 1 is 1.26 bits per heavy atom. The molecule has 1 saturated heterocycles. The van der Waals surface area contributed by atoms with Crippen LogP contribution in [0.5, 0.6) is 11.5 Å². The number of fused-ring (bicyclic) bond motifs is 1. The van der Waals surface area contributed by atoms with Crippen molar-refractivity contribution in [1.29, 1.82) is 0 Å².